The predicted molar refractivity (Wildman–Crippen MR) is 83.4 cm³/mol. The van der Waals surface area contributed by atoms with Gasteiger partial charge < -0.3 is 11.1 Å². The summed E-state index contributed by atoms with van der Waals surface area (Å²) in [4.78, 5) is 12.2. The normalized spacial score (nSPS) is 11.7. The Morgan fingerprint density at radius 2 is 2.05 bits per heavy atom. The van der Waals surface area contributed by atoms with Gasteiger partial charge in [0.25, 0.3) is 5.91 Å². The molecule has 3 nitrogen and oxygen atoms in total. The van der Waals surface area contributed by atoms with Gasteiger partial charge in [0.05, 0.1) is 6.54 Å². The summed E-state index contributed by atoms with van der Waals surface area (Å²) in [6.07, 6.45) is 2.14. The molecule has 0 heterocycles. The second-order valence-corrected chi connectivity index (χ2v) is 4.93. The standard InChI is InChI=1S/C17H24N2O/c1-4-15(5-2)13(3)19-17(20)16-10-6-8-14(12-16)9-7-11-18/h6,8,10,12-13,15H,4-5,11,18H2,1-3H3,(H,19,20). The molecule has 0 aromatic heterocycles. The van der Waals surface area contributed by atoms with Crippen molar-refractivity contribution in [3.8, 4) is 11.8 Å². The van der Waals surface area contributed by atoms with E-state index < -0.39 is 0 Å². The van der Waals surface area contributed by atoms with Gasteiger partial charge in [-0.2, -0.15) is 0 Å². The Morgan fingerprint density at radius 3 is 2.65 bits per heavy atom. The number of carbonyl (C=O) groups is 1. The average Bonchev–Trinajstić information content (AvgIpc) is 2.46. The van der Waals surface area contributed by atoms with Crippen LogP contribution in [0.3, 0.4) is 0 Å². The fourth-order valence-electron chi connectivity index (χ4n) is 2.30. The van der Waals surface area contributed by atoms with Gasteiger partial charge in [-0.1, -0.05) is 44.6 Å². The molecule has 1 aromatic carbocycles. The summed E-state index contributed by atoms with van der Waals surface area (Å²) < 4.78 is 0. The van der Waals surface area contributed by atoms with Gasteiger partial charge in [0, 0.05) is 17.2 Å². The van der Waals surface area contributed by atoms with Crippen LogP contribution in [-0.4, -0.2) is 18.5 Å². The van der Waals surface area contributed by atoms with Crippen LogP contribution in [0.2, 0.25) is 0 Å². The van der Waals surface area contributed by atoms with Crippen molar-refractivity contribution in [2.24, 2.45) is 11.7 Å². The summed E-state index contributed by atoms with van der Waals surface area (Å²) in [7, 11) is 0. The Hall–Kier alpha value is -1.79. The molecular weight excluding hydrogens is 248 g/mol. The van der Waals surface area contributed by atoms with E-state index in [9.17, 15) is 4.79 Å². The van der Waals surface area contributed by atoms with E-state index >= 15 is 0 Å². The SMILES string of the molecule is CCC(CC)C(C)NC(=O)c1cccc(C#CCN)c1. The first-order chi connectivity index (χ1) is 9.62. The van der Waals surface area contributed by atoms with E-state index in [1.807, 2.05) is 18.2 Å². The van der Waals surface area contributed by atoms with Crippen molar-refractivity contribution in [1.82, 2.24) is 5.32 Å². The maximum Gasteiger partial charge on any atom is 0.251 e. The number of amides is 1. The lowest BCUT2D eigenvalue weighted by molar-refractivity contribution is 0.0925. The van der Waals surface area contributed by atoms with Gasteiger partial charge in [-0.05, 0) is 31.0 Å². The molecular formula is C17H24N2O. The number of hydrogen-bond donors (Lipinski definition) is 2. The van der Waals surface area contributed by atoms with E-state index in [1.165, 1.54) is 0 Å². The lowest BCUT2D eigenvalue weighted by Gasteiger charge is -2.22. The number of carbonyl (C=O) groups excluding carboxylic acids is 1. The van der Waals surface area contributed by atoms with Crippen LogP contribution in [0, 0.1) is 17.8 Å². The molecule has 1 rings (SSSR count). The fourth-order valence-corrected chi connectivity index (χ4v) is 2.30. The molecule has 20 heavy (non-hydrogen) atoms. The third-order valence-corrected chi connectivity index (χ3v) is 3.57. The van der Waals surface area contributed by atoms with Gasteiger partial charge in [0.15, 0.2) is 0 Å². The van der Waals surface area contributed by atoms with Gasteiger partial charge in [-0.25, -0.2) is 0 Å². The van der Waals surface area contributed by atoms with Crippen molar-refractivity contribution in [1.29, 1.82) is 0 Å². The van der Waals surface area contributed by atoms with Gasteiger partial charge in [-0.3, -0.25) is 4.79 Å². The van der Waals surface area contributed by atoms with Crippen molar-refractivity contribution in [2.75, 3.05) is 6.54 Å². The Balaban J connectivity index is 2.77. The van der Waals surface area contributed by atoms with E-state index in [-0.39, 0.29) is 11.9 Å². The highest BCUT2D eigenvalue weighted by molar-refractivity contribution is 5.94. The van der Waals surface area contributed by atoms with Crippen LogP contribution < -0.4 is 11.1 Å². The highest BCUT2D eigenvalue weighted by atomic mass is 16.1. The third-order valence-electron chi connectivity index (χ3n) is 3.57. The zero-order valence-electron chi connectivity index (χ0n) is 12.6. The molecule has 3 heteroatoms. The van der Waals surface area contributed by atoms with Crippen LogP contribution in [-0.2, 0) is 0 Å². The first-order valence-corrected chi connectivity index (χ1v) is 7.22. The molecule has 0 saturated carbocycles. The van der Waals surface area contributed by atoms with Crippen LogP contribution in [0.25, 0.3) is 0 Å². The van der Waals surface area contributed by atoms with Crippen molar-refractivity contribution >= 4 is 5.91 Å². The molecule has 1 aromatic rings. The molecule has 108 valence electrons. The van der Waals surface area contributed by atoms with Crippen molar-refractivity contribution < 1.29 is 4.79 Å². The quantitative estimate of drug-likeness (QED) is 0.809. The summed E-state index contributed by atoms with van der Waals surface area (Å²) >= 11 is 0. The Morgan fingerprint density at radius 1 is 1.35 bits per heavy atom. The van der Waals surface area contributed by atoms with E-state index in [0.29, 0.717) is 18.0 Å². The topological polar surface area (TPSA) is 55.1 Å². The molecule has 0 radical (unpaired) electrons. The highest BCUT2D eigenvalue weighted by Crippen LogP contribution is 2.13. The predicted octanol–water partition coefficient (Wildman–Crippen LogP) is 2.55. The second kappa shape index (κ2) is 8.39. The molecule has 1 amide bonds. The summed E-state index contributed by atoms with van der Waals surface area (Å²) in [6.45, 7) is 6.69. The maximum absolute atomic E-state index is 12.2. The first kappa shape index (κ1) is 16.3. The average molecular weight is 272 g/mol. The van der Waals surface area contributed by atoms with Crippen LogP contribution in [0.5, 0.6) is 0 Å². The van der Waals surface area contributed by atoms with Gasteiger partial charge in [0.1, 0.15) is 0 Å². The molecule has 0 spiro atoms. The number of rotatable bonds is 5. The van der Waals surface area contributed by atoms with E-state index in [0.717, 1.165) is 18.4 Å². The number of nitrogens with one attached hydrogen (secondary N) is 1. The van der Waals surface area contributed by atoms with E-state index in [1.54, 1.807) is 6.07 Å². The second-order valence-electron chi connectivity index (χ2n) is 4.93. The van der Waals surface area contributed by atoms with Gasteiger partial charge >= 0.3 is 0 Å². The summed E-state index contributed by atoms with van der Waals surface area (Å²) in [6, 6.07) is 7.51. The van der Waals surface area contributed by atoms with Crippen molar-refractivity contribution in [2.45, 2.75) is 39.7 Å². The van der Waals surface area contributed by atoms with Crippen LogP contribution in [0.15, 0.2) is 24.3 Å². The molecule has 0 saturated heterocycles. The molecule has 0 fully saturated rings. The Labute approximate surface area is 121 Å². The molecule has 1 unspecified atom stereocenters. The lowest BCUT2D eigenvalue weighted by atomic mass is 9.95. The first-order valence-electron chi connectivity index (χ1n) is 7.22. The zero-order valence-corrected chi connectivity index (χ0v) is 12.6. The molecule has 1 atom stereocenters. The fraction of sp³-hybridized carbons (Fsp3) is 0.471. The minimum Gasteiger partial charge on any atom is -0.349 e. The van der Waals surface area contributed by atoms with Crippen molar-refractivity contribution in [3.63, 3.8) is 0 Å². The Bertz CT molecular complexity index is 495. The molecule has 0 aliphatic carbocycles. The zero-order chi connectivity index (χ0) is 15.0. The van der Waals surface area contributed by atoms with Gasteiger partial charge in [-0.15, -0.1) is 0 Å². The maximum atomic E-state index is 12.2. The third kappa shape index (κ3) is 4.71. The monoisotopic (exact) mass is 272 g/mol. The van der Waals surface area contributed by atoms with Gasteiger partial charge in [0.2, 0.25) is 0 Å². The number of hydrogen-bond acceptors (Lipinski definition) is 2. The van der Waals surface area contributed by atoms with Crippen LogP contribution >= 0.6 is 0 Å². The van der Waals surface area contributed by atoms with Crippen LogP contribution in [0.1, 0.15) is 49.5 Å². The number of benzene rings is 1. The summed E-state index contributed by atoms with van der Waals surface area (Å²) in [5, 5.41) is 3.07. The van der Waals surface area contributed by atoms with Crippen LogP contribution in [0.4, 0.5) is 0 Å². The molecule has 0 aliphatic heterocycles. The molecule has 0 bridgehead atoms. The Kier molecular flexibility index (Phi) is 6.83. The summed E-state index contributed by atoms with van der Waals surface area (Å²) in [5.74, 6) is 6.21. The lowest BCUT2D eigenvalue weighted by Crippen LogP contribution is -2.37. The van der Waals surface area contributed by atoms with E-state index in [2.05, 4.69) is 37.9 Å². The minimum atomic E-state index is -0.0409. The smallest absolute Gasteiger partial charge is 0.251 e. The highest BCUT2D eigenvalue weighted by Gasteiger charge is 2.16. The summed E-state index contributed by atoms with van der Waals surface area (Å²) in [5.41, 5.74) is 6.81. The number of nitrogens with two attached hydrogens (primary N) is 1. The van der Waals surface area contributed by atoms with Crippen molar-refractivity contribution in [3.05, 3.63) is 35.4 Å². The largest absolute Gasteiger partial charge is 0.349 e. The minimum absolute atomic E-state index is 0.0409. The van der Waals surface area contributed by atoms with E-state index in [4.69, 9.17) is 5.73 Å². The molecule has 0 aliphatic rings. The molecule has 3 N–H and O–H groups in total.